The fourth-order valence-electron chi connectivity index (χ4n) is 2.94. The van der Waals surface area contributed by atoms with E-state index in [1.807, 2.05) is 0 Å². The molecule has 1 aliphatic rings. The third-order valence-corrected chi connectivity index (χ3v) is 4.36. The lowest BCUT2D eigenvalue weighted by molar-refractivity contribution is 0.0696. The first-order valence-electron chi connectivity index (χ1n) is 8.80. The van der Waals surface area contributed by atoms with Gasteiger partial charge in [0.15, 0.2) is 17.4 Å². The first kappa shape index (κ1) is 19.5. The standard InChI is InChI=1S/C19H19F2N3O4/c1-2-28-17-11-24-8-7-23(19(27)15(24)10-16(17)25)6-5-22-18(26)12-3-4-13(20)14(21)9-12/h3-4,9-11H,2,5-8H2,1H3,(H,22,26). The molecular weight excluding hydrogens is 372 g/mol. The van der Waals surface area contributed by atoms with Crippen molar-refractivity contribution >= 4 is 11.8 Å². The van der Waals surface area contributed by atoms with E-state index >= 15 is 0 Å². The van der Waals surface area contributed by atoms with Gasteiger partial charge in [0, 0.05) is 37.8 Å². The summed E-state index contributed by atoms with van der Waals surface area (Å²) >= 11 is 0. The molecule has 0 fully saturated rings. The molecule has 2 amide bonds. The first-order valence-corrected chi connectivity index (χ1v) is 8.80. The summed E-state index contributed by atoms with van der Waals surface area (Å²) in [7, 11) is 0. The molecule has 0 aliphatic carbocycles. The number of benzene rings is 1. The van der Waals surface area contributed by atoms with Crippen LogP contribution in [0.2, 0.25) is 0 Å². The number of ether oxygens (including phenoxy) is 1. The van der Waals surface area contributed by atoms with Crippen molar-refractivity contribution in [3.05, 3.63) is 63.6 Å². The number of aromatic nitrogens is 1. The molecule has 0 saturated carbocycles. The average molecular weight is 391 g/mol. The van der Waals surface area contributed by atoms with Crippen molar-refractivity contribution in [1.82, 2.24) is 14.8 Å². The quantitative estimate of drug-likeness (QED) is 0.808. The maximum atomic E-state index is 13.2. The summed E-state index contributed by atoms with van der Waals surface area (Å²) in [5.74, 6) is -2.83. The normalized spacial score (nSPS) is 13.2. The van der Waals surface area contributed by atoms with E-state index in [4.69, 9.17) is 4.74 Å². The number of nitrogens with one attached hydrogen (secondary N) is 1. The van der Waals surface area contributed by atoms with E-state index in [0.717, 1.165) is 12.1 Å². The van der Waals surface area contributed by atoms with Gasteiger partial charge < -0.3 is 19.5 Å². The molecule has 1 N–H and O–H groups in total. The van der Waals surface area contributed by atoms with Gasteiger partial charge in [0.2, 0.25) is 5.43 Å². The molecule has 2 aromatic rings. The Kier molecular flexibility index (Phi) is 5.72. The summed E-state index contributed by atoms with van der Waals surface area (Å²) in [5, 5.41) is 2.56. The van der Waals surface area contributed by atoms with Crippen molar-refractivity contribution in [1.29, 1.82) is 0 Å². The molecule has 7 nitrogen and oxygen atoms in total. The van der Waals surface area contributed by atoms with E-state index in [1.54, 1.807) is 11.5 Å². The molecule has 0 atom stereocenters. The topological polar surface area (TPSA) is 80.6 Å². The molecule has 1 aromatic heterocycles. The lowest BCUT2D eigenvalue weighted by Gasteiger charge is -2.30. The van der Waals surface area contributed by atoms with Crippen LogP contribution in [0.4, 0.5) is 8.78 Å². The smallest absolute Gasteiger partial charge is 0.270 e. The van der Waals surface area contributed by atoms with Crippen molar-refractivity contribution in [3.63, 3.8) is 0 Å². The second-order valence-corrected chi connectivity index (χ2v) is 6.19. The van der Waals surface area contributed by atoms with E-state index in [1.165, 1.54) is 23.2 Å². The van der Waals surface area contributed by atoms with Gasteiger partial charge >= 0.3 is 0 Å². The van der Waals surface area contributed by atoms with Crippen molar-refractivity contribution in [2.24, 2.45) is 0 Å². The molecule has 9 heteroatoms. The number of pyridine rings is 1. The molecule has 28 heavy (non-hydrogen) atoms. The highest BCUT2D eigenvalue weighted by molar-refractivity contribution is 5.94. The van der Waals surface area contributed by atoms with Crippen molar-refractivity contribution in [2.45, 2.75) is 13.5 Å². The molecule has 0 radical (unpaired) electrons. The molecule has 1 aromatic carbocycles. The Labute approximate surface area is 159 Å². The fraction of sp³-hybridized carbons (Fsp3) is 0.316. The van der Waals surface area contributed by atoms with Gasteiger partial charge in [-0.3, -0.25) is 14.4 Å². The highest BCUT2D eigenvalue weighted by Gasteiger charge is 2.25. The van der Waals surface area contributed by atoms with Crippen LogP contribution < -0.4 is 15.5 Å². The van der Waals surface area contributed by atoms with Gasteiger partial charge in [-0.25, -0.2) is 8.78 Å². The Morgan fingerprint density at radius 3 is 2.68 bits per heavy atom. The fourth-order valence-corrected chi connectivity index (χ4v) is 2.94. The number of hydrogen-bond donors (Lipinski definition) is 1. The summed E-state index contributed by atoms with van der Waals surface area (Å²) in [4.78, 5) is 38.1. The zero-order chi connectivity index (χ0) is 20.3. The zero-order valence-electron chi connectivity index (χ0n) is 15.2. The van der Waals surface area contributed by atoms with Crippen LogP contribution in [0.5, 0.6) is 5.75 Å². The first-order chi connectivity index (χ1) is 13.4. The Bertz CT molecular complexity index is 974. The van der Waals surface area contributed by atoms with Crippen LogP contribution >= 0.6 is 0 Å². The summed E-state index contributed by atoms with van der Waals surface area (Å²) in [6, 6.07) is 4.12. The molecule has 3 rings (SSSR count). The van der Waals surface area contributed by atoms with Crippen molar-refractivity contribution in [2.75, 3.05) is 26.2 Å². The molecule has 0 unspecified atom stereocenters. The van der Waals surface area contributed by atoms with E-state index < -0.39 is 17.5 Å². The number of carbonyl (C=O) groups is 2. The van der Waals surface area contributed by atoms with E-state index in [9.17, 15) is 23.2 Å². The molecule has 0 spiro atoms. The van der Waals surface area contributed by atoms with Crippen LogP contribution in [0, 0.1) is 11.6 Å². The van der Waals surface area contributed by atoms with Crippen LogP contribution in [0.3, 0.4) is 0 Å². The van der Waals surface area contributed by atoms with Gasteiger partial charge in [0.1, 0.15) is 5.69 Å². The third kappa shape index (κ3) is 4.03. The minimum Gasteiger partial charge on any atom is -0.488 e. The van der Waals surface area contributed by atoms with E-state index in [0.29, 0.717) is 19.7 Å². The van der Waals surface area contributed by atoms with Gasteiger partial charge in [-0.1, -0.05) is 0 Å². The number of amides is 2. The highest BCUT2D eigenvalue weighted by atomic mass is 19.2. The van der Waals surface area contributed by atoms with Crippen molar-refractivity contribution < 1.29 is 23.1 Å². The minimum absolute atomic E-state index is 0.00998. The van der Waals surface area contributed by atoms with Crippen LogP contribution in [-0.2, 0) is 6.54 Å². The Morgan fingerprint density at radius 2 is 1.96 bits per heavy atom. The van der Waals surface area contributed by atoms with E-state index in [-0.39, 0.29) is 41.4 Å². The van der Waals surface area contributed by atoms with Crippen LogP contribution in [0.15, 0.2) is 35.3 Å². The minimum atomic E-state index is -1.10. The predicted octanol–water partition coefficient (Wildman–Crippen LogP) is 1.41. The number of hydrogen-bond acceptors (Lipinski definition) is 4. The maximum Gasteiger partial charge on any atom is 0.270 e. The SMILES string of the molecule is CCOc1cn2c(cc1=O)C(=O)N(CCNC(=O)c1ccc(F)c(F)c1)CC2. The highest BCUT2D eigenvalue weighted by Crippen LogP contribution is 2.14. The van der Waals surface area contributed by atoms with Gasteiger partial charge in [-0.2, -0.15) is 0 Å². The summed E-state index contributed by atoms with van der Waals surface area (Å²) in [5.41, 5.74) is -0.120. The lowest BCUT2D eigenvalue weighted by atomic mass is 10.2. The molecule has 0 saturated heterocycles. The second-order valence-electron chi connectivity index (χ2n) is 6.19. The summed E-state index contributed by atoms with van der Waals surface area (Å²) in [6.07, 6.45) is 1.53. The lowest BCUT2D eigenvalue weighted by Crippen LogP contribution is -2.45. The number of rotatable bonds is 6. The van der Waals surface area contributed by atoms with Crippen molar-refractivity contribution in [3.8, 4) is 5.75 Å². The average Bonchev–Trinajstić information content (AvgIpc) is 2.67. The number of halogens is 2. The van der Waals surface area contributed by atoms with Crippen LogP contribution in [-0.4, -0.2) is 47.5 Å². The van der Waals surface area contributed by atoms with Gasteiger partial charge in [-0.15, -0.1) is 0 Å². The molecule has 2 heterocycles. The molecule has 148 valence electrons. The zero-order valence-corrected chi connectivity index (χ0v) is 15.2. The van der Waals surface area contributed by atoms with Crippen LogP contribution in [0.25, 0.3) is 0 Å². The van der Waals surface area contributed by atoms with Gasteiger partial charge in [0.05, 0.1) is 12.8 Å². The third-order valence-electron chi connectivity index (χ3n) is 4.36. The summed E-state index contributed by atoms with van der Waals surface area (Å²) in [6.45, 7) is 3.36. The molecular formula is C19H19F2N3O4. The Hall–Kier alpha value is -3.23. The monoisotopic (exact) mass is 391 g/mol. The number of carbonyl (C=O) groups excluding carboxylic acids is 2. The Balaban J connectivity index is 1.61. The van der Waals surface area contributed by atoms with E-state index in [2.05, 4.69) is 5.32 Å². The van der Waals surface area contributed by atoms with Gasteiger partial charge in [0.25, 0.3) is 11.8 Å². The largest absolute Gasteiger partial charge is 0.488 e. The van der Waals surface area contributed by atoms with Crippen LogP contribution in [0.1, 0.15) is 27.8 Å². The molecule has 0 bridgehead atoms. The predicted molar refractivity (Wildman–Crippen MR) is 96.5 cm³/mol. The number of nitrogens with zero attached hydrogens (tertiary/aromatic N) is 2. The molecule has 1 aliphatic heterocycles. The summed E-state index contributed by atoms with van der Waals surface area (Å²) < 4.78 is 33.1. The number of fused-ring (bicyclic) bond motifs is 1. The maximum absolute atomic E-state index is 13.2. The Morgan fingerprint density at radius 1 is 1.18 bits per heavy atom. The second kappa shape index (κ2) is 8.20. The van der Waals surface area contributed by atoms with Gasteiger partial charge in [-0.05, 0) is 25.1 Å².